The predicted molar refractivity (Wildman–Crippen MR) is 70.9 cm³/mol. The minimum Gasteiger partial charge on any atom is -0.430 e. The van der Waals surface area contributed by atoms with Gasteiger partial charge < -0.3 is 9.73 Å². The summed E-state index contributed by atoms with van der Waals surface area (Å²) in [6.07, 6.45) is 2.30. The van der Waals surface area contributed by atoms with E-state index in [0.29, 0.717) is 22.5 Å². The molecule has 0 bridgehead atoms. The van der Waals surface area contributed by atoms with Crippen molar-refractivity contribution in [3.8, 4) is 0 Å². The lowest BCUT2D eigenvalue weighted by atomic mass is 10.0. The van der Waals surface area contributed by atoms with Gasteiger partial charge in [-0.05, 0) is 44.0 Å². The molecule has 1 aromatic carbocycles. The van der Waals surface area contributed by atoms with E-state index in [1.54, 1.807) is 0 Å². The number of nitrogens with zero attached hydrogens (tertiary/aromatic N) is 1. The highest BCUT2D eigenvalue weighted by atomic mass is 32.2. The Morgan fingerprint density at radius 1 is 1.44 bits per heavy atom. The van der Waals surface area contributed by atoms with Gasteiger partial charge in [-0.2, -0.15) is 0 Å². The number of nitrogens with one attached hydrogen (secondary N) is 1. The van der Waals surface area contributed by atoms with E-state index >= 15 is 0 Å². The molecule has 5 heteroatoms. The summed E-state index contributed by atoms with van der Waals surface area (Å²) < 4.78 is 17.7. The fraction of sp³-hybridized carbons (Fsp3) is 0.462. The highest BCUT2D eigenvalue weighted by molar-refractivity contribution is 7.84. The molecule has 96 valence electrons. The zero-order chi connectivity index (χ0) is 12.4. The fourth-order valence-electron chi connectivity index (χ4n) is 2.30. The Kier molecular flexibility index (Phi) is 3.43. The van der Waals surface area contributed by atoms with Crippen LogP contribution in [0.25, 0.3) is 11.1 Å². The molecule has 1 N–H and O–H groups in total. The number of para-hydroxylation sites is 2. The molecule has 0 unspecified atom stereocenters. The number of piperidine rings is 1. The van der Waals surface area contributed by atoms with Gasteiger partial charge in [0.15, 0.2) is 5.58 Å². The third-order valence-corrected chi connectivity index (χ3v) is 4.59. The molecule has 3 rings (SSSR count). The fourth-order valence-corrected chi connectivity index (χ4v) is 3.54. The van der Waals surface area contributed by atoms with Crippen LogP contribution in [0.15, 0.2) is 33.9 Å². The van der Waals surface area contributed by atoms with Crippen LogP contribution in [0.5, 0.6) is 0 Å². The van der Waals surface area contributed by atoms with Crippen molar-refractivity contribution in [3.05, 3.63) is 24.3 Å². The van der Waals surface area contributed by atoms with Gasteiger partial charge >= 0.3 is 0 Å². The van der Waals surface area contributed by atoms with Crippen LogP contribution in [0.4, 0.5) is 0 Å². The molecule has 0 aliphatic carbocycles. The molecule has 1 aromatic heterocycles. The van der Waals surface area contributed by atoms with Gasteiger partial charge in [0.2, 0.25) is 0 Å². The van der Waals surface area contributed by atoms with Crippen LogP contribution < -0.4 is 5.32 Å². The molecule has 4 nitrogen and oxygen atoms in total. The van der Waals surface area contributed by atoms with Gasteiger partial charge in [-0.1, -0.05) is 12.1 Å². The molecular formula is C13H16N2O2S. The highest BCUT2D eigenvalue weighted by Gasteiger charge is 2.20. The zero-order valence-corrected chi connectivity index (χ0v) is 10.9. The minimum absolute atomic E-state index is 0.363. The average Bonchev–Trinajstić information content (AvgIpc) is 2.84. The molecule has 0 radical (unpaired) electrons. The van der Waals surface area contributed by atoms with Crippen LogP contribution in [0, 0.1) is 5.92 Å². The number of aromatic nitrogens is 1. The van der Waals surface area contributed by atoms with Gasteiger partial charge in [0.1, 0.15) is 16.3 Å². The average molecular weight is 264 g/mol. The molecule has 2 heterocycles. The van der Waals surface area contributed by atoms with Crippen molar-refractivity contribution in [2.45, 2.75) is 18.1 Å². The number of hydrogen-bond acceptors (Lipinski definition) is 4. The molecule has 0 amide bonds. The minimum atomic E-state index is -1.13. The van der Waals surface area contributed by atoms with Crippen molar-refractivity contribution in [2.24, 2.45) is 5.92 Å². The van der Waals surface area contributed by atoms with Gasteiger partial charge in [0.05, 0.1) is 0 Å². The van der Waals surface area contributed by atoms with Crippen LogP contribution >= 0.6 is 0 Å². The van der Waals surface area contributed by atoms with Gasteiger partial charge in [0, 0.05) is 5.75 Å². The molecule has 0 saturated carbocycles. The SMILES string of the molecule is O=[S@@](C[C@H]1CCCNC1)c1nc2ccccc2o1. The van der Waals surface area contributed by atoms with Crippen molar-refractivity contribution in [1.29, 1.82) is 0 Å². The second kappa shape index (κ2) is 5.20. The molecule has 1 aliphatic heterocycles. The van der Waals surface area contributed by atoms with E-state index < -0.39 is 10.8 Å². The lowest BCUT2D eigenvalue weighted by Gasteiger charge is -2.21. The largest absolute Gasteiger partial charge is 0.430 e. The Labute approximate surface area is 108 Å². The lowest BCUT2D eigenvalue weighted by Crippen LogP contribution is -2.32. The van der Waals surface area contributed by atoms with Gasteiger partial charge in [0.25, 0.3) is 5.22 Å². The Balaban J connectivity index is 1.74. The van der Waals surface area contributed by atoms with E-state index in [1.165, 1.54) is 0 Å². The summed E-state index contributed by atoms with van der Waals surface area (Å²) in [7, 11) is -1.13. The second-order valence-electron chi connectivity index (χ2n) is 4.67. The van der Waals surface area contributed by atoms with E-state index in [2.05, 4.69) is 10.3 Å². The second-order valence-corrected chi connectivity index (χ2v) is 6.05. The van der Waals surface area contributed by atoms with E-state index in [0.717, 1.165) is 31.4 Å². The number of rotatable bonds is 3. The molecule has 0 spiro atoms. The quantitative estimate of drug-likeness (QED) is 0.920. The first kappa shape index (κ1) is 11.9. The summed E-state index contributed by atoms with van der Waals surface area (Å²) in [5.74, 6) is 1.11. The standard InChI is InChI=1S/C13H16N2O2S/c16-18(9-10-4-3-7-14-8-10)13-15-11-5-1-2-6-12(11)17-13/h1-2,5-6,10,14H,3-4,7-9H2/t10-,18-/m0/s1. The summed E-state index contributed by atoms with van der Waals surface area (Å²) in [6.45, 7) is 2.03. The smallest absolute Gasteiger partial charge is 0.287 e. The summed E-state index contributed by atoms with van der Waals surface area (Å²) in [6, 6.07) is 7.53. The van der Waals surface area contributed by atoms with Crippen molar-refractivity contribution < 1.29 is 8.63 Å². The summed E-state index contributed by atoms with van der Waals surface area (Å²) in [5, 5.41) is 3.70. The Morgan fingerprint density at radius 2 is 2.33 bits per heavy atom. The Hall–Kier alpha value is -1.20. The topological polar surface area (TPSA) is 55.1 Å². The third-order valence-electron chi connectivity index (χ3n) is 3.26. The van der Waals surface area contributed by atoms with Crippen molar-refractivity contribution in [3.63, 3.8) is 0 Å². The number of benzene rings is 1. The first-order valence-electron chi connectivity index (χ1n) is 6.27. The van der Waals surface area contributed by atoms with Crippen LogP contribution in [-0.4, -0.2) is 28.0 Å². The first-order chi connectivity index (χ1) is 8.83. The number of oxazole rings is 1. The third kappa shape index (κ3) is 2.47. The van der Waals surface area contributed by atoms with E-state index in [9.17, 15) is 4.21 Å². The molecule has 1 saturated heterocycles. The molecule has 1 fully saturated rings. The van der Waals surface area contributed by atoms with E-state index in [1.807, 2.05) is 24.3 Å². The highest BCUT2D eigenvalue weighted by Crippen LogP contribution is 2.20. The number of hydrogen-bond donors (Lipinski definition) is 1. The molecule has 18 heavy (non-hydrogen) atoms. The maximum atomic E-state index is 12.2. The summed E-state index contributed by atoms with van der Waals surface area (Å²) in [4.78, 5) is 4.29. The molecule has 2 aromatic rings. The van der Waals surface area contributed by atoms with Crippen molar-refractivity contribution >= 4 is 21.9 Å². The lowest BCUT2D eigenvalue weighted by molar-refractivity contribution is 0.404. The number of fused-ring (bicyclic) bond motifs is 1. The predicted octanol–water partition coefficient (Wildman–Crippen LogP) is 1.93. The van der Waals surface area contributed by atoms with E-state index in [-0.39, 0.29) is 0 Å². The van der Waals surface area contributed by atoms with Crippen LogP contribution in [0.2, 0.25) is 0 Å². The maximum absolute atomic E-state index is 12.2. The molecule has 1 aliphatic rings. The Bertz CT molecular complexity index is 528. The summed E-state index contributed by atoms with van der Waals surface area (Å²) >= 11 is 0. The van der Waals surface area contributed by atoms with Gasteiger partial charge in [-0.25, -0.2) is 9.19 Å². The van der Waals surface area contributed by atoms with E-state index in [4.69, 9.17) is 4.42 Å². The van der Waals surface area contributed by atoms with Crippen LogP contribution in [0.3, 0.4) is 0 Å². The van der Waals surface area contributed by atoms with Crippen LogP contribution in [0.1, 0.15) is 12.8 Å². The van der Waals surface area contributed by atoms with Crippen molar-refractivity contribution in [2.75, 3.05) is 18.8 Å². The maximum Gasteiger partial charge on any atom is 0.287 e. The van der Waals surface area contributed by atoms with Gasteiger partial charge in [-0.15, -0.1) is 0 Å². The molecular weight excluding hydrogens is 248 g/mol. The Morgan fingerprint density at radius 3 is 3.11 bits per heavy atom. The molecule has 2 atom stereocenters. The summed E-state index contributed by atoms with van der Waals surface area (Å²) in [5.41, 5.74) is 1.49. The van der Waals surface area contributed by atoms with Crippen molar-refractivity contribution in [1.82, 2.24) is 10.3 Å². The van der Waals surface area contributed by atoms with Gasteiger partial charge in [-0.3, -0.25) is 0 Å². The van der Waals surface area contributed by atoms with Crippen LogP contribution in [-0.2, 0) is 10.8 Å². The normalized spacial score (nSPS) is 22.1. The monoisotopic (exact) mass is 264 g/mol. The first-order valence-corrected chi connectivity index (χ1v) is 7.59. The zero-order valence-electron chi connectivity index (χ0n) is 10.1.